The van der Waals surface area contributed by atoms with E-state index in [9.17, 15) is 13.2 Å². The average molecular weight is 321 g/mol. The normalized spacial score (nSPS) is 16.9. The summed E-state index contributed by atoms with van der Waals surface area (Å²) in [6, 6.07) is 6.24. The molecule has 1 aromatic carbocycles. The molecular weight excluding hydrogens is 306 g/mol. The third-order valence-corrected chi connectivity index (χ3v) is 4.82. The molecule has 0 radical (unpaired) electrons. The minimum absolute atomic E-state index is 0.0452. The fraction of sp³-hybridized carbons (Fsp3) is 0.286. The van der Waals surface area contributed by atoms with Crippen LogP contribution in [-0.4, -0.2) is 24.1 Å². The van der Waals surface area contributed by atoms with E-state index in [0.717, 1.165) is 10.1 Å². The smallest absolute Gasteiger partial charge is 0.267 e. The number of sulfonamides is 1. The third kappa shape index (κ3) is 2.45. The van der Waals surface area contributed by atoms with Crippen molar-refractivity contribution in [3.8, 4) is 5.75 Å². The molecule has 0 bridgehead atoms. The predicted molar refractivity (Wildman–Crippen MR) is 80.5 cm³/mol. The molecule has 1 aromatic heterocycles. The van der Waals surface area contributed by atoms with Crippen molar-refractivity contribution < 1.29 is 13.2 Å². The lowest BCUT2D eigenvalue weighted by atomic mass is 10.1. The minimum Gasteiger partial charge on any atom is -0.489 e. The van der Waals surface area contributed by atoms with E-state index in [-0.39, 0.29) is 22.5 Å². The van der Waals surface area contributed by atoms with Crippen molar-refractivity contribution in [3.05, 3.63) is 46.4 Å². The number of ether oxygens (including phenoxy) is 1. The Labute approximate surface area is 127 Å². The summed E-state index contributed by atoms with van der Waals surface area (Å²) in [6.45, 7) is 1.88. The van der Waals surface area contributed by atoms with E-state index >= 15 is 0 Å². The zero-order valence-electron chi connectivity index (χ0n) is 12.1. The largest absolute Gasteiger partial charge is 0.489 e. The van der Waals surface area contributed by atoms with Crippen LogP contribution in [0.2, 0.25) is 0 Å². The number of benzene rings is 1. The lowest BCUT2D eigenvalue weighted by Crippen LogP contribution is -2.24. The molecule has 1 aliphatic heterocycles. The van der Waals surface area contributed by atoms with Gasteiger partial charge in [0.1, 0.15) is 16.7 Å². The highest BCUT2D eigenvalue weighted by atomic mass is 32.2. The monoisotopic (exact) mass is 321 g/mol. The van der Waals surface area contributed by atoms with E-state index in [1.54, 1.807) is 6.07 Å². The molecule has 1 unspecified atom stereocenters. The van der Waals surface area contributed by atoms with Gasteiger partial charge in [-0.25, -0.2) is 18.1 Å². The zero-order valence-corrected chi connectivity index (χ0v) is 12.9. The van der Waals surface area contributed by atoms with Crippen molar-refractivity contribution in [1.29, 1.82) is 0 Å². The molecule has 3 rings (SSSR count). The first kappa shape index (κ1) is 14.6. The van der Waals surface area contributed by atoms with Gasteiger partial charge in [-0.15, -0.1) is 0 Å². The molecule has 1 aliphatic rings. The highest BCUT2D eigenvalue weighted by molar-refractivity contribution is 7.92. The first-order valence-corrected chi connectivity index (χ1v) is 8.20. The van der Waals surface area contributed by atoms with Gasteiger partial charge in [0.15, 0.2) is 0 Å². The van der Waals surface area contributed by atoms with Crippen LogP contribution in [0.3, 0.4) is 0 Å². The fourth-order valence-corrected chi connectivity index (χ4v) is 3.59. The number of rotatable bonds is 3. The van der Waals surface area contributed by atoms with Crippen molar-refractivity contribution in [3.63, 3.8) is 0 Å². The number of nitrogens with one attached hydrogen (secondary N) is 1. The highest BCUT2D eigenvalue weighted by Gasteiger charge is 2.28. The average Bonchev–Trinajstić information content (AvgIpc) is 2.83. The van der Waals surface area contributed by atoms with Gasteiger partial charge in [-0.2, -0.15) is 0 Å². The Hall–Kier alpha value is -2.35. The minimum atomic E-state index is -3.90. The molecule has 116 valence electrons. The van der Waals surface area contributed by atoms with E-state index in [4.69, 9.17) is 4.74 Å². The summed E-state index contributed by atoms with van der Waals surface area (Å²) in [7, 11) is -2.45. The molecule has 0 aliphatic carbocycles. The topological polar surface area (TPSA) is 90.3 Å². The Morgan fingerprint density at radius 2 is 2.14 bits per heavy atom. The molecule has 0 fully saturated rings. The van der Waals surface area contributed by atoms with E-state index in [2.05, 4.69) is 9.71 Å². The second-order valence-corrected chi connectivity index (χ2v) is 6.80. The standard InChI is InChI=1S/C14H15N3O4S/c1-9-8-10-4-3-5-11(13(10)21-9)22(19,20)16-14-15-7-6-12(18)17(14)2/h3-7,9H,8H2,1-2H3,(H,15,16). The van der Waals surface area contributed by atoms with Gasteiger partial charge in [-0.05, 0) is 18.6 Å². The zero-order chi connectivity index (χ0) is 15.9. The van der Waals surface area contributed by atoms with Crippen LogP contribution >= 0.6 is 0 Å². The van der Waals surface area contributed by atoms with Crippen molar-refractivity contribution in [2.24, 2.45) is 7.05 Å². The van der Waals surface area contributed by atoms with E-state index in [1.165, 1.54) is 25.4 Å². The van der Waals surface area contributed by atoms with Crippen molar-refractivity contribution >= 4 is 16.0 Å². The van der Waals surface area contributed by atoms with Crippen molar-refractivity contribution in [2.45, 2.75) is 24.3 Å². The maximum atomic E-state index is 12.6. The van der Waals surface area contributed by atoms with Crippen LogP contribution in [0.4, 0.5) is 5.95 Å². The van der Waals surface area contributed by atoms with E-state index < -0.39 is 10.0 Å². The van der Waals surface area contributed by atoms with Crippen molar-refractivity contribution in [2.75, 3.05) is 4.72 Å². The van der Waals surface area contributed by atoms with Crippen LogP contribution in [0.15, 0.2) is 40.2 Å². The first-order valence-electron chi connectivity index (χ1n) is 6.72. The number of nitrogens with zero attached hydrogens (tertiary/aromatic N) is 2. The van der Waals surface area contributed by atoms with E-state index in [0.29, 0.717) is 12.2 Å². The molecule has 8 heteroatoms. The van der Waals surface area contributed by atoms with Gasteiger partial charge in [-0.1, -0.05) is 12.1 Å². The van der Waals surface area contributed by atoms with Gasteiger partial charge in [0.05, 0.1) is 0 Å². The second kappa shape index (κ2) is 5.13. The van der Waals surface area contributed by atoms with Crippen LogP contribution in [-0.2, 0) is 23.5 Å². The number of hydrogen-bond acceptors (Lipinski definition) is 5. The summed E-state index contributed by atoms with van der Waals surface area (Å²) in [5.74, 6) is 0.319. The van der Waals surface area contributed by atoms with Crippen LogP contribution in [0.25, 0.3) is 0 Å². The molecule has 2 aromatic rings. The molecule has 0 saturated heterocycles. The van der Waals surface area contributed by atoms with Gasteiger partial charge in [0.25, 0.3) is 15.6 Å². The summed E-state index contributed by atoms with van der Waals surface area (Å²) in [5, 5.41) is 0. The number of aromatic nitrogens is 2. The van der Waals surface area contributed by atoms with Gasteiger partial charge in [-0.3, -0.25) is 9.36 Å². The second-order valence-electron chi connectivity index (χ2n) is 5.15. The summed E-state index contributed by atoms with van der Waals surface area (Å²) >= 11 is 0. The van der Waals surface area contributed by atoms with Crippen LogP contribution in [0, 0.1) is 0 Å². The van der Waals surface area contributed by atoms with Gasteiger partial charge < -0.3 is 4.74 Å². The van der Waals surface area contributed by atoms with Gasteiger partial charge in [0, 0.05) is 25.7 Å². The number of para-hydroxylation sites is 1. The highest BCUT2D eigenvalue weighted by Crippen LogP contribution is 2.35. The summed E-state index contributed by atoms with van der Waals surface area (Å²) in [5.41, 5.74) is 0.501. The number of anilines is 1. The lowest BCUT2D eigenvalue weighted by molar-refractivity contribution is 0.249. The maximum Gasteiger partial charge on any atom is 0.267 e. The molecular formula is C14H15N3O4S. The van der Waals surface area contributed by atoms with Crippen molar-refractivity contribution in [1.82, 2.24) is 9.55 Å². The Bertz CT molecular complexity index is 889. The molecule has 0 amide bonds. The summed E-state index contributed by atoms with van der Waals surface area (Å²) in [6.07, 6.45) is 1.86. The molecule has 22 heavy (non-hydrogen) atoms. The Morgan fingerprint density at radius 3 is 2.91 bits per heavy atom. The number of hydrogen-bond donors (Lipinski definition) is 1. The molecule has 0 spiro atoms. The summed E-state index contributed by atoms with van der Waals surface area (Å²) in [4.78, 5) is 15.5. The molecule has 2 heterocycles. The Balaban J connectivity index is 2.04. The third-order valence-electron chi connectivity index (χ3n) is 3.46. The first-order chi connectivity index (χ1) is 10.4. The predicted octanol–water partition coefficient (Wildman–Crippen LogP) is 0.904. The van der Waals surface area contributed by atoms with Gasteiger partial charge in [0.2, 0.25) is 5.95 Å². The summed E-state index contributed by atoms with van der Waals surface area (Å²) < 4.78 is 34.2. The van der Waals surface area contributed by atoms with E-state index in [1.807, 2.05) is 13.0 Å². The molecule has 1 atom stereocenters. The molecule has 0 saturated carbocycles. The Morgan fingerprint density at radius 1 is 1.36 bits per heavy atom. The lowest BCUT2D eigenvalue weighted by Gasteiger charge is -2.13. The van der Waals surface area contributed by atoms with Crippen LogP contribution in [0.5, 0.6) is 5.75 Å². The SMILES string of the molecule is CC1Cc2cccc(S(=O)(=O)Nc3nccc(=O)n3C)c2O1. The van der Waals surface area contributed by atoms with Gasteiger partial charge >= 0.3 is 0 Å². The Kier molecular flexibility index (Phi) is 3.40. The van der Waals surface area contributed by atoms with Crippen LogP contribution < -0.4 is 15.0 Å². The molecule has 7 nitrogen and oxygen atoms in total. The molecule has 1 N–H and O–H groups in total. The maximum absolute atomic E-state index is 12.6. The number of fused-ring (bicyclic) bond motifs is 1. The quantitative estimate of drug-likeness (QED) is 0.907. The fourth-order valence-electron chi connectivity index (χ4n) is 2.36. The van der Waals surface area contributed by atoms with Crippen LogP contribution in [0.1, 0.15) is 12.5 Å².